The molecule has 1 aliphatic carbocycles. The number of nitrogens with zero attached hydrogens (tertiary/aromatic N) is 1. The van der Waals surface area contributed by atoms with Crippen molar-refractivity contribution >= 4 is 11.9 Å². The lowest BCUT2D eigenvalue weighted by molar-refractivity contribution is -0.136. The quantitative estimate of drug-likeness (QED) is 0.529. The van der Waals surface area contributed by atoms with Crippen LogP contribution in [0.5, 0.6) is 5.75 Å². The van der Waals surface area contributed by atoms with Crippen molar-refractivity contribution in [1.82, 2.24) is 4.90 Å². The molecule has 0 spiro atoms. The predicted molar refractivity (Wildman–Crippen MR) is 126 cm³/mol. The highest BCUT2D eigenvalue weighted by Crippen LogP contribution is 2.33. The Morgan fingerprint density at radius 3 is 2.36 bits per heavy atom. The molecule has 5 heteroatoms. The number of amides is 1. The van der Waals surface area contributed by atoms with Crippen molar-refractivity contribution in [3.8, 4) is 16.9 Å². The van der Waals surface area contributed by atoms with Crippen LogP contribution in [-0.4, -0.2) is 27.9 Å². The second-order valence-electron chi connectivity index (χ2n) is 8.95. The Morgan fingerprint density at radius 1 is 0.939 bits per heavy atom. The van der Waals surface area contributed by atoms with Crippen LogP contribution in [0.25, 0.3) is 11.1 Å². The zero-order valence-electron chi connectivity index (χ0n) is 18.5. The first-order valence-electron chi connectivity index (χ1n) is 11.5. The Hall–Kier alpha value is -3.60. The highest BCUT2D eigenvalue weighted by atomic mass is 16.5. The van der Waals surface area contributed by atoms with Gasteiger partial charge in [0.1, 0.15) is 12.4 Å². The number of carboxylic acids is 1. The van der Waals surface area contributed by atoms with E-state index in [2.05, 4.69) is 6.07 Å². The van der Waals surface area contributed by atoms with E-state index in [-0.39, 0.29) is 12.3 Å². The molecule has 168 valence electrons. The second-order valence-corrected chi connectivity index (χ2v) is 8.95. The van der Waals surface area contributed by atoms with Gasteiger partial charge in [-0.15, -0.1) is 0 Å². The minimum absolute atomic E-state index is 0.00957. The molecule has 1 heterocycles. The van der Waals surface area contributed by atoms with Gasteiger partial charge in [-0.2, -0.15) is 0 Å². The minimum Gasteiger partial charge on any atom is -0.489 e. The van der Waals surface area contributed by atoms with Gasteiger partial charge in [0.2, 0.25) is 0 Å². The molecule has 5 nitrogen and oxygen atoms in total. The lowest BCUT2D eigenvalue weighted by atomic mass is 10.0. The van der Waals surface area contributed by atoms with E-state index in [1.807, 2.05) is 65.6 Å². The topological polar surface area (TPSA) is 66.8 Å². The number of carbonyl (C=O) groups excluding carboxylic acids is 1. The average Bonchev–Trinajstić information content (AvgIpc) is 3.46. The first-order chi connectivity index (χ1) is 16.1. The highest BCUT2D eigenvalue weighted by molar-refractivity contribution is 5.98. The first kappa shape index (κ1) is 21.3. The molecule has 0 bridgehead atoms. The zero-order chi connectivity index (χ0) is 22.8. The fourth-order valence-electron chi connectivity index (χ4n) is 4.96. The molecule has 0 saturated heterocycles. The summed E-state index contributed by atoms with van der Waals surface area (Å²) in [5, 5.41) is 9.06. The fraction of sp³-hybridized carbons (Fsp3) is 0.286. The Balaban J connectivity index is 1.27. The van der Waals surface area contributed by atoms with E-state index in [4.69, 9.17) is 9.84 Å². The Labute approximate surface area is 193 Å². The van der Waals surface area contributed by atoms with E-state index in [9.17, 15) is 9.59 Å². The third kappa shape index (κ3) is 4.63. The summed E-state index contributed by atoms with van der Waals surface area (Å²) in [5.74, 6) is 0.0849. The van der Waals surface area contributed by atoms with Crippen molar-refractivity contribution < 1.29 is 19.4 Å². The number of fused-ring (bicyclic) bond motifs is 1. The van der Waals surface area contributed by atoms with Gasteiger partial charge in [0.15, 0.2) is 0 Å². The summed E-state index contributed by atoms with van der Waals surface area (Å²) >= 11 is 0. The van der Waals surface area contributed by atoms with Gasteiger partial charge >= 0.3 is 5.97 Å². The maximum Gasteiger partial charge on any atom is 0.307 e. The Kier molecular flexibility index (Phi) is 5.86. The second kappa shape index (κ2) is 9.10. The number of benzene rings is 3. The minimum atomic E-state index is -0.836. The lowest BCUT2D eigenvalue weighted by Crippen LogP contribution is -2.33. The van der Waals surface area contributed by atoms with E-state index in [1.54, 1.807) is 0 Å². The highest BCUT2D eigenvalue weighted by Gasteiger charge is 2.34. The van der Waals surface area contributed by atoms with Crippen LogP contribution in [-0.2, 0) is 24.4 Å². The molecule has 1 saturated carbocycles. The molecule has 1 fully saturated rings. The Bertz CT molecular complexity index is 1200. The third-order valence-corrected chi connectivity index (χ3v) is 6.62. The van der Waals surface area contributed by atoms with Gasteiger partial charge in [-0.3, -0.25) is 9.59 Å². The lowest BCUT2D eigenvalue weighted by Gasteiger charge is -2.23. The molecule has 3 aromatic rings. The number of ether oxygens (including phenoxy) is 1. The molecule has 0 aromatic heterocycles. The fourth-order valence-corrected chi connectivity index (χ4v) is 4.96. The van der Waals surface area contributed by atoms with E-state index < -0.39 is 5.97 Å². The van der Waals surface area contributed by atoms with E-state index in [1.165, 1.54) is 12.8 Å². The molecular formula is C28H27NO4. The number of aliphatic carboxylic acids is 1. The number of hydrogen-bond donors (Lipinski definition) is 1. The van der Waals surface area contributed by atoms with Crippen molar-refractivity contribution in [2.45, 2.75) is 51.3 Å². The summed E-state index contributed by atoms with van der Waals surface area (Å²) in [6.07, 6.45) is 4.65. The Morgan fingerprint density at radius 2 is 1.64 bits per heavy atom. The monoisotopic (exact) mass is 441 g/mol. The van der Waals surface area contributed by atoms with Gasteiger partial charge in [-0.25, -0.2) is 0 Å². The summed E-state index contributed by atoms with van der Waals surface area (Å²) in [5.41, 5.74) is 5.67. The van der Waals surface area contributed by atoms with Gasteiger partial charge in [-0.1, -0.05) is 55.3 Å². The third-order valence-electron chi connectivity index (χ3n) is 6.62. The number of carbonyl (C=O) groups is 2. The molecule has 5 rings (SSSR count). The largest absolute Gasteiger partial charge is 0.489 e. The van der Waals surface area contributed by atoms with E-state index >= 15 is 0 Å². The molecule has 0 radical (unpaired) electrons. The first-order valence-corrected chi connectivity index (χ1v) is 11.5. The van der Waals surface area contributed by atoms with Crippen LogP contribution in [0.1, 0.15) is 52.7 Å². The molecular weight excluding hydrogens is 414 g/mol. The maximum atomic E-state index is 12.8. The van der Waals surface area contributed by atoms with Crippen LogP contribution in [0.2, 0.25) is 0 Å². The van der Waals surface area contributed by atoms with E-state index in [0.717, 1.165) is 52.0 Å². The van der Waals surface area contributed by atoms with E-state index in [0.29, 0.717) is 19.2 Å². The molecule has 33 heavy (non-hydrogen) atoms. The van der Waals surface area contributed by atoms with Crippen molar-refractivity contribution in [2.75, 3.05) is 0 Å². The molecule has 1 amide bonds. The summed E-state index contributed by atoms with van der Waals surface area (Å²) in [6.45, 7) is 1.10. The van der Waals surface area contributed by atoms with Crippen molar-refractivity contribution in [3.05, 3.63) is 89.0 Å². The number of hydrogen-bond acceptors (Lipinski definition) is 3. The summed E-state index contributed by atoms with van der Waals surface area (Å²) in [6, 6.07) is 21.9. The van der Waals surface area contributed by atoms with Crippen LogP contribution in [0.15, 0.2) is 66.7 Å². The molecule has 0 unspecified atom stereocenters. The van der Waals surface area contributed by atoms with Crippen LogP contribution in [0, 0.1) is 0 Å². The van der Waals surface area contributed by atoms with Crippen molar-refractivity contribution in [3.63, 3.8) is 0 Å². The van der Waals surface area contributed by atoms with Gasteiger partial charge in [0.25, 0.3) is 5.91 Å². The zero-order valence-corrected chi connectivity index (χ0v) is 18.5. The number of carboxylic acid groups (broad SMARTS) is 1. The molecule has 2 aliphatic rings. The van der Waals surface area contributed by atoms with Crippen molar-refractivity contribution in [2.24, 2.45) is 0 Å². The predicted octanol–water partition coefficient (Wildman–Crippen LogP) is 5.46. The molecule has 3 aromatic carbocycles. The summed E-state index contributed by atoms with van der Waals surface area (Å²) in [7, 11) is 0. The van der Waals surface area contributed by atoms with Gasteiger partial charge in [0, 0.05) is 18.2 Å². The van der Waals surface area contributed by atoms with Crippen molar-refractivity contribution in [1.29, 1.82) is 0 Å². The van der Waals surface area contributed by atoms with Crippen LogP contribution >= 0.6 is 0 Å². The summed E-state index contributed by atoms with van der Waals surface area (Å²) in [4.78, 5) is 25.8. The molecule has 1 N–H and O–H groups in total. The van der Waals surface area contributed by atoms with Gasteiger partial charge in [0.05, 0.1) is 6.42 Å². The smallest absolute Gasteiger partial charge is 0.307 e. The van der Waals surface area contributed by atoms with Crippen LogP contribution < -0.4 is 4.74 Å². The SMILES string of the molecule is O=C(O)Cc1cccc(-c2cccc(COc3ccc4c(c3)CN(C3CCCC3)C4=O)c2)c1. The molecule has 1 aliphatic heterocycles. The average molecular weight is 442 g/mol. The van der Waals surface area contributed by atoms with Gasteiger partial charge < -0.3 is 14.7 Å². The standard InChI is InChI=1S/C28H27NO4/c30-27(31)15-19-5-3-7-21(13-19)22-8-4-6-20(14-22)18-33-25-11-12-26-23(16-25)17-29(28(26)32)24-9-1-2-10-24/h3-8,11-14,16,24H,1-2,9-10,15,17-18H2,(H,30,31). The summed E-state index contributed by atoms with van der Waals surface area (Å²) < 4.78 is 6.07. The van der Waals surface area contributed by atoms with Crippen LogP contribution in [0.4, 0.5) is 0 Å². The van der Waals surface area contributed by atoms with Gasteiger partial charge in [-0.05, 0) is 64.9 Å². The molecule has 0 atom stereocenters. The van der Waals surface area contributed by atoms with Crippen LogP contribution in [0.3, 0.4) is 0 Å². The maximum absolute atomic E-state index is 12.8. The number of rotatable bonds is 7. The normalized spacial score (nSPS) is 15.6.